The third-order valence-electron chi connectivity index (χ3n) is 2.20. The van der Waals surface area contributed by atoms with E-state index in [0.29, 0.717) is 6.04 Å². The van der Waals surface area contributed by atoms with Crippen molar-refractivity contribution in [3.8, 4) is 0 Å². The lowest BCUT2D eigenvalue weighted by molar-refractivity contribution is 0.303. The SMILES string of the molecule is CC(CNCc1cccs1)N(C)C. The summed E-state index contributed by atoms with van der Waals surface area (Å²) in [6.07, 6.45) is 0. The van der Waals surface area contributed by atoms with Crippen LogP contribution in [-0.4, -0.2) is 31.6 Å². The molecule has 1 aromatic rings. The molecule has 1 unspecified atom stereocenters. The molecule has 2 nitrogen and oxygen atoms in total. The first-order valence-electron chi connectivity index (χ1n) is 4.59. The van der Waals surface area contributed by atoms with Crippen molar-refractivity contribution in [1.82, 2.24) is 10.2 Å². The van der Waals surface area contributed by atoms with Gasteiger partial charge in [0.15, 0.2) is 0 Å². The van der Waals surface area contributed by atoms with Crippen LogP contribution in [0.15, 0.2) is 17.5 Å². The van der Waals surface area contributed by atoms with Gasteiger partial charge in [0.2, 0.25) is 0 Å². The van der Waals surface area contributed by atoms with Crippen LogP contribution in [-0.2, 0) is 6.54 Å². The van der Waals surface area contributed by atoms with Crippen LogP contribution in [0.1, 0.15) is 11.8 Å². The lowest BCUT2D eigenvalue weighted by atomic mass is 10.3. The summed E-state index contributed by atoms with van der Waals surface area (Å²) in [6.45, 7) is 4.27. The summed E-state index contributed by atoms with van der Waals surface area (Å²) in [5.74, 6) is 0. The van der Waals surface area contributed by atoms with Crippen molar-refractivity contribution in [3.05, 3.63) is 22.4 Å². The van der Waals surface area contributed by atoms with E-state index in [4.69, 9.17) is 0 Å². The molecule has 0 aliphatic rings. The zero-order valence-corrected chi connectivity index (χ0v) is 9.40. The van der Waals surface area contributed by atoms with Gasteiger partial charge in [-0.2, -0.15) is 0 Å². The van der Waals surface area contributed by atoms with Crippen molar-refractivity contribution < 1.29 is 0 Å². The summed E-state index contributed by atoms with van der Waals surface area (Å²) < 4.78 is 0. The predicted octanol–water partition coefficient (Wildman–Crippen LogP) is 1.79. The summed E-state index contributed by atoms with van der Waals surface area (Å²) in [5, 5.41) is 5.56. The van der Waals surface area contributed by atoms with Gasteiger partial charge in [0.05, 0.1) is 0 Å². The predicted molar refractivity (Wildman–Crippen MR) is 59.2 cm³/mol. The van der Waals surface area contributed by atoms with E-state index in [2.05, 4.69) is 48.7 Å². The van der Waals surface area contributed by atoms with E-state index in [1.807, 2.05) is 0 Å². The van der Waals surface area contributed by atoms with Gasteiger partial charge in [-0.3, -0.25) is 0 Å². The summed E-state index contributed by atoms with van der Waals surface area (Å²) in [6, 6.07) is 4.86. The minimum Gasteiger partial charge on any atom is -0.310 e. The van der Waals surface area contributed by atoms with Crippen LogP contribution in [0.25, 0.3) is 0 Å². The Kier molecular flexibility index (Phi) is 4.42. The Morgan fingerprint density at radius 1 is 1.54 bits per heavy atom. The summed E-state index contributed by atoms with van der Waals surface area (Å²) in [4.78, 5) is 3.63. The van der Waals surface area contributed by atoms with Gasteiger partial charge in [-0.15, -0.1) is 11.3 Å². The highest BCUT2D eigenvalue weighted by Crippen LogP contribution is 2.07. The first-order chi connectivity index (χ1) is 6.20. The molecular formula is C10H18N2S. The zero-order valence-electron chi connectivity index (χ0n) is 8.58. The maximum atomic E-state index is 3.44. The quantitative estimate of drug-likeness (QED) is 0.776. The van der Waals surface area contributed by atoms with Gasteiger partial charge >= 0.3 is 0 Å². The molecule has 3 heteroatoms. The molecule has 0 radical (unpaired) electrons. The van der Waals surface area contributed by atoms with E-state index in [1.165, 1.54) is 4.88 Å². The van der Waals surface area contributed by atoms with E-state index in [9.17, 15) is 0 Å². The molecule has 1 rings (SSSR count). The second-order valence-electron chi connectivity index (χ2n) is 3.52. The minimum absolute atomic E-state index is 0.597. The van der Waals surface area contributed by atoms with Crippen LogP contribution < -0.4 is 5.32 Å². The van der Waals surface area contributed by atoms with Crippen molar-refractivity contribution in [2.45, 2.75) is 19.5 Å². The van der Waals surface area contributed by atoms with Gasteiger partial charge in [0.25, 0.3) is 0 Å². The number of hydrogen-bond acceptors (Lipinski definition) is 3. The molecule has 0 fully saturated rings. The second kappa shape index (κ2) is 5.37. The molecule has 0 spiro atoms. The van der Waals surface area contributed by atoms with Crippen LogP contribution in [0.4, 0.5) is 0 Å². The first kappa shape index (κ1) is 10.7. The molecule has 1 aromatic heterocycles. The van der Waals surface area contributed by atoms with Crippen molar-refractivity contribution in [1.29, 1.82) is 0 Å². The van der Waals surface area contributed by atoms with Crippen LogP contribution >= 0.6 is 11.3 Å². The van der Waals surface area contributed by atoms with Gasteiger partial charge < -0.3 is 10.2 Å². The van der Waals surface area contributed by atoms with E-state index in [1.54, 1.807) is 11.3 Å². The van der Waals surface area contributed by atoms with Gasteiger partial charge in [0.1, 0.15) is 0 Å². The van der Waals surface area contributed by atoms with E-state index < -0.39 is 0 Å². The van der Waals surface area contributed by atoms with Crippen molar-refractivity contribution in [2.75, 3.05) is 20.6 Å². The monoisotopic (exact) mass is 198 g/mol. The average molecular weight is 198 g/mol. The fraction of sp³-hybridized carbons (Fsp3) is 0.600. The van der Waals surface area contributed by atoms with Gasteiger partial charge in [0, 0.05) is 24.0 Å². The lowest BCUT2D eigenvalue weighted by Crippen LogP contribution is -2.34. The van der Waals surface area contributed by atoms with Gasteiger partial charge in [-0.05, 0) is 32.5 Å². The molecule has 0 bridgehead atoms. The molecule has 13 heavy (non-hydrogen) atoms. The third kappa shape index (κ3) is 3.89. The summed E-state index contributed by atoms with van der Waals surface area (Å²) in [7, 11) is 4.22. The summed E-state index contributed by atoms with van der Waals surface area (Å²) >= 11 is 1.81. The smallest absolute Gasteiger partial charge is 0.0300 e. The Balaban J connectivity index is 2.14. The molecule has 0 saturated carbocycles. The molecule has 1 heterocycles. The number of thiophene rings is 1. The molecule has 0 aliphatic carbocycles. The normalized spacial score (nSPS) is 13.5. The number of nitrogens with zero attached hydrogens (tertiary/aromatic N) is 1. The molecule has 74 valence electrons. The molecule has 0 aromatic carbocycles. The van der Waals surface area contributed by atoms with Crippen LogP contribution in [0.3, 0.4) is 0 Å². The van der Waals surface area contributed by atoms with Crippen molar-refractivity contribution >= 4 is 11.3 Å². The summed E-state index contributed by atoms with van der Waals surface area (Å²) in [5.41, 5.74) is 0. The highest BCUT2D eigenvalue weighted by molar-refractivity contribution is 7.09. The highest BCUT2D eigenvalue weighted by atomic mass is 32.1. The molecule has 0 amide bonds. The van der Waals surface area contributed by atoms with Crippen LogP contribution in [0.5, 0.6) is 0 Å². The Hall–Kier alpha value is -0.380. The number of nitrogens with one attached hydrogen (secondary N) is 1. The fourth-order valence-corrected chi connectivity index (χ4v) is 1.67. The molecule has 0 aliphatic heterocycles. The van der Waals surface area contributed by atoms with E-state index >= 15 is 0 Å². The maximum Gasteiger partial charge on any atom is 0.0300 e. The number of hydrogen-bond donors (Lipinski definition) is 1. The highest BCUT2D eigenvalue weighted by Gasteiger charge is 2.02. The Morgan fingerprint density at radius 3 is 2.85 bits per heavy atom. The minimum atomic E-state index is 0.597. The van der Waals surface area contributed by atoms with Crippen LogP contribution in [0, 0.1) is 0 Å². The van der Waals surface area contributed by atoms with E-state index in [-0.39, 0.29) is 0 Å². The largest absolute Gasteiger partial charge is 0.310 e. The number of likely N-dealkylation sites (N-methyl/N-ethyl adjacent to an activating group) is 1. The van der Waals surface area contributed by atoms with Crippen molar-refractivity contribution in [2.24, 2.45) is 0 Å². The van der Waals surface area contributed by atoms with Gasteiger partial charge in [-0.1, -0.05) is 6.07 Å². The topological polar surface area (TPSA) is 15.3 Å². The third-order valence-corrected chi connectivity index (χ3v) is 3.08. The van der Waals surface area contributed by atoms with Crippen molar-refractivity contribution in [3.63, 3.8) is 0 Å². The number of rotatable bonds is 5. The molecule has 1 N–H and O–H groups in total. The molecule has 1 atom stereocenters. The van der Waals surface area contributed by atoms with E-state index in [0.717, 1.165) is 13.1 Å². The Morgan fingerprint density at radius 2 is 2.31 bits per heavy atom. The second-order valence-corrected chi connectivity index (χ2v) is 4.56. The fourth-order valence-electron chi connectivity index (χ4n) is 1.000. The first-order valence-corrected chi connectivity index (χ1v) is 5.47. The average Bonchev–Trinajstić information content (AvgIpc) is 2.56. The molecular weight excluding hydrogens is 180 g/mol. The maximum absolute atomic E-state index is 3.44. The van der Waals surface area contributed by atoms with Crippen LogP contribution in [0.2, 0.25) is 0 Å². The Labute approximate surface area is 84.6 Å². The zero-order chi connectivity index (χ0) is 9.68. The van der Waals surface area contributed by atoms with Gasteiger partial charge in [-0.25, -0.2) is 0 Å². The lowest BCUT2D eigenvalue weighted by Gasteiger charge is -2.19. The standard InChI is InChI=1S/C10H18N2S/c1-9(12(2)3)7-11-8-10-5-4-6-13-10/h4-6,9,11H,7-8H2,1-3H3. The Bertz CT molecular complexity index is 219. The molecule has 0 saturated heterocycles.